The normalized spacial score (nSPS) is 13.2. The van der Waals surface area contributed by atoms with Crippen LogP contribution in [-0.2, 0) is 11.2 Å². The van der Waals surface area contributed by atoms with Gasteiger partial charge in [-0.05, 0) is 30.2 Å². The first kappa shape index (κ1) is 12.8. The molecule has 2 heterocycles. The lowest BCUT2D eigenvalue weighted by molar-refractivity contribution is -0.116. The lowest BCUT2D eigenvalue weighted by Gasteiger charge is -2.14. The topological polar surface area (TPSA) is 62.3 Å². The summed E-state index contributed by atoms with van der Waals surface area (Å²) in [4.78, 5) is 29.1. The highest BCUT2D eigenvalue weighted by Gasteiger charge is 2.22. The van der Waals surface area contributed by atoms with E-state index in [4.69, 9.17) is 0 Å². The molecule has 1 aliphatic rings. The van der Waals surface area contributed by atoms with E-state index in [-0.39, 0.29) is 11.8 Å². The highest BCUT2D eigenvalue weighted by molar-refractivity contribution is 7.07. The molecule has 2 aromatic rings. The third-order valence-corrected chi connectivity index (χ3v) is 3.86. The van der Waals surface area contributed by atoms with Crippen LogP contribution in [0.25, 0.3) is 0 Å². The molecular weight excluding hydrogens is 274 g/mol. The van der Waals surface area contributed by atoms with Gasteiger partial charge in [0.1, 0.15) is 5.69 Å². The van der Waals surface area contributed by atoms with Crippen LogP contribution in [0.1, 0.15) is 23.0 Å². The molecule has 0 aliphatic carbocycles. The molecule has 102 valence electrons. The predicted octanol–water partition coefficient (Wildman–Crippen LogP) is 2.30. The number of thiazole rings is 1. The van der Waals surface area contributed by atoms with Gasteiger partial charge in [-0.2, -0.15) is 0 Å². The highest BCUT2D eigenvalue weighted by Crippen LogP contribution is 2.30. The van der Waals surface area contributed by atoms with Gasteiger partial charge >= 0.3 is 0 Å². The zero-order chi connectivity index (χ0) is 14.1. The van der Waals surface area contributed by atoms with E-state index in [0.29, 0.717) is 12.2 Å². The van der Waals surface area contributed by atoms with E-state index < -0.39 is 0 Å². The van der Waals surface area contributed by atoms with Gasteiger partial charge in [0.2, 0.25) is 5.91 Å². The van der Waals surface area contributed by atoms with E-state index in [1.807, 2.05) is 18.2 Å². The Bertz CT molecular complexity index is 667. The van der Waals surface area contributed by atoms with Gasteiger partial charge in [0, 0.05) is 30.2 Å². The number of fused-ring (bicyclic) bond motifs is 1. The Morgan fingerprint density at radius 2 is 2.25 bits per heavy atom. The number of nitrogens with zero attached hydrogens (tertiary/aromatic N) is 2. The second-order valence-corrected chi connectivity index (χ2v) is 5.31. The molecule has 0 unspecified atom stereocenters. The molecule has 20 heavy (non-hydrogen) atoms. The fraction of sp³-hybridized carbons (Fsp3) is 0.214. The molecule has 0 atom stereocenters. The molecule has 5 nitrogen and oxygen atoms in total. The fourth-order valence-corrected chi connectivity index (χ4v) is 2.86. The minimum Gasteiger partial charge on any atom is -0.321 e. The molecule has 2 amide bonds. The number of nitrogens with one attached hydrogen (secondary N) is 1. The van der Waals surface area contributed by atoms with Gasteiger partial charge in [0.25, 0.3) is 5.91 Å². The second kappa shape index (κ2) is 5.05. The molecule has 1 aliphatic heterocycles. The molecule has 1 N–H and O–H groups in total. The summed E-state index contributed by atoms with van der Waals surface area (Å²) in [5.74, 6) is -0.171. The van der Waals surface area contributed by atoms with Gasteiger partial charge < -0.3 is 10.2 Å². The Labute approximate surface area is 120 Å². The van der Waals surface area contributed by atoms with Crippen LogP contribution in [-0.4, -0.2) is 23.3 Å². The van der Waals surface area contributed by atoms with Crippen molar-refractivity contribution in [3.8, 4) is 0 Å². The largest absolute Gasteiger partial charge is 0.321 e. The summed E-state index contributed by atoms with van der Waals surface area (Å²) in [6, 6.07) is 5.60. The minimum absolute atomic E-state index is 0.0445. The first-order chi connectivity index (χ1) is 9.65. The number of hydrogen-bond acceptors (Lipinski definition) is 4. The van der Waals surface area contributed by atoms with Crippen molar-refractivity contribution in [3.05, 3.63) is 40.3 Å². The van der Waals surface area contributed by atoms with Crippen molar-refractivity contribution in [2.24, 2.45) is 0 Å². The summed E-state index contributed by atoms with van der Waals surface area (Å²) in [6.45, 7) is 2.27. The zero-order valence-electron chi connectivity index (χ0n) is 10.9. The van der Waals surface area contributed by atoms with Crippen molar-refractivity contribution < 1.29 is 9.59 Å². The average molecular weight is 287 g/mol. The summed E-state index contributed by atoms with van der Waals surface area (Å²) >= 11 is 1.39. The van der Waals surface area contributed by atoms with Crippen molar-refractivity contribution in [2.75, 3.05) is 16.8 Å². The quantitative estimate of drug-likeness (QED) is 0.922. The number of rotatable bonds is 2. The Hall–Kier alpha value is -2.21. The molecule has 3 rings (SSSR count). The Kier molecular flexibility index (Phi) is 3.23. The van der Waals surface area contributed by atoms with Crippen LogP contribution in [0, 0.1) is 0 Å². The molecule has 0 saturated heterocycles. The number of benzene rings is 1. The number of carbonyl (C=O) groups is 2. The van der Waals surface area contributed by atoms with E-state index in [1.165, 1.54) is 11.3 Å². The van der Waals surface area contributed by atoms with Crippen molar-refractivity contribution in [1.82, 2.24) is 4.98 Å². The molecule has 6 heteroatoms. The van der Waals surface area contributed by atoms with Gasteiger partial charge in [-0.1, -0.05) is 0 Å². The van der Waals surface area contributed by atoms with E-state index in [1.54, 1.807) is 22.7 Å². The van der Waals surface area contributed by atoms with Crippen LogP contribution in [0.5, 0.6) is 0 Å². The van der Waals surface area contributed by atoms with Crippen LogP contribution >= 0.6 is 11.3 Å². The summed E-state index contributed by atoms with van der Waals surface area (Å²) in [7, 11) is 0. The lowest BCUT2D eigenvalue weighted by Crippen LogP contribution is -2.25. The Morgan fingerprint density at radius 1 is 1.40 bits per heavy atom. The number of aromatic nitrogens is 1. The minimum atomic E-state index is -0.215. The second-order valence-electron chi connectivity index (χ2n) is 4.59. The van der Waals surface area contributed by atoms with Crippen molar-refractivity contribution in [3.63, 3.8) is 0 Å². The lowest BCUT2D eigenvalue weighted by atomic mass is 10.1. The summed E-state index contributed by atoms with van der Waals surface area (Å²) < 4.78 is 0. The van der Waals surface area contributed by atoms with Gasteiger partial charge in [-0.15, -0.1) is 11.3 Å². The Morgan fingerprint density at radius 3 is 2.95 bits per heavy atom. The zero-order valence-corrected chi connectivity index (χ0v) is 11.7. The first-order valence-corrected chi connectivity index (χ1v) is 7.20. The summed E-state index contributed by atoms with van der Waals surface area (Å²) in [5.41, 5.74) is 4.79. The monoisotopic (exact) mass is 287 g/mol. The van der Waals surface area contributed by atoms with Gasteiger partial charge in [0.15, 0.2) is 0 Å². The Balaban J connectivity index is 1.80. The van der Waals surface area contributed by atoms with Crippen molar-refractivity contribution in [2.45, 2.75) is 13.3 Å². The number of anilines is 2. The van der Waals surface area contributed by atoms with Crippen molar-refractivity contribution >= 4 is 34.5 Å². The maximum atomic E-state index is 11.9. The third kappa shape index (κ3) is 2.30. The number of carbonyl (C=O) groups excluding carboxylic acids is 2. The fourth-order valence-electron chi connectivity index (χ4n) is 2.33. The highest BCUT2D eigenvalue weighted by atomic mass is 32.1. The molecule has 1 aromatic carbocycles. The van der Waals surface area contributed by atoms with E-state index in [2.05, 4.69) is 10.3 Å². The van der Waals surface area contributed by atoms with E-state index in [0.717, 1.165) is 23.4 Å². The van der Waals surface area contributed by atoms with Crippen LogP contribution in [0.4, 0.5) is 11.4 Å². The maximum Gasteiger partial charge on any atom is 0.275 e. The molecule has 0 fully saturated rings. The van der Waals surface area contributed by atoms with E-state index >= 15 is 0 Å². The van der Waals surface area contributed by atoms with Crippen LogP contribution in [0.2, 0.25) is 0 Å². The van der Waals surface area contributed by atoms with Crippen molar-refractivity contribution in [1.29, 1.82) is 0 Å². The molecule has 0 radical (unpaired) electrons. The average Bonchev–Trinajstić information content (AvgIpc) is 3.07. The SMILES string of the molecule is CC(=O)N1CCc2cc(NC(=O)c3cscn3)ccc21. The van der Waals surface area contributed by atoms with Gasteiger partial charge in [-0.3, -0.25) is 9.59 Å². The molecule has 0 spiro atoms. The maximum absolute atomic E-state index is 11.9. The molecule has 0 bridgehead atoms. The van der Waals surface area contributed by atoms with Crippen LogP contribution in [0.15, 0.2) is 29.1 Å². The summed E-state index contributed by atoms with van der Waals surface area (Å²) in [6.07, 6.45) is 0.815. The molecule has 0 saturated carbocycles. The first-order valence-electron chi connectivity index (χ1n) is 6.26. The third-order valence-electron chi connectivity index (χ3n) is 3.28. The van der Waals surface area contributed by atoms with Gasteiger partial charge in [0.05, 0.1) is 5.51 Å². The smallest absolute Gasteiger partial charge is 0.275 e. The number of amides is 2. The van der Waals surface area contributed by atoms with E-state index in [9.17, 15) is 9.59 Å². The van der Waals surface area contributed by atoms with Gasteiger partial charge in [-0.25, -0.2) is 4.98 Å². The summed E-state index contributed by atoms with van der Waals surface area (Å²) in [5, 5.41) is 4.53. The van der Waals surface area contributed by atoms with Crippen LogP contribution < -0.4 is 10.2 Å². The number of hydrogen-bond donors (Lipinski definition) is 1. The molecular formula is C14H13N3O2S. The standard InChI is InChI=1S/C14H13N3O2S/c1-9(18)17-5-4-10-6-11(2-3-13(10)17)16-14(19)12-7-20-8-15-12/h2-3,6-8H,4-5H2,1H3,(H,16,19). The molecule has 1 aromatic heterocycles. The predicted molar refractivity (Wildman–Crippen MR) is 78.2 cm³/mol. The van der Waals surface area contributed by atoms with Crippen LogP contribution in [0.3, 0.4) is 0 Å².